The molecule has 2 unspecified atom stereocenters. The van der Waals surface area contributed by atoms with Gasteiger partial charge in [-0.2, -0.15) is 0 Å². The normalized spacial score (nSPS) is 25.9. The lowest BCUT2D eigenvalue weighted by Crippen LogP contribution is -2.42. The van der Waals surface area contributed by atoms with E-state index in [0.717, 1.165) is 25.1 Å². The molecule has 1 fully saturated rings. The number of hydrogen-bond donors (Lipinski definition) is 1. The highest BCUT2D eigenvalue weighted by atomic mass is 127. The summed E-state index contributed by atoms with van der Waals surface area (Å²) < 4.78 is 14.1. The molecule has 0 radical (unpaired) electrons. The van der Waals surface area contributed by atoms with Crippen molar-refractivity contribution in [1.29, 1.82) is 0 Å². The second-order valence-corrected chi connectivity index (χ2v) is 5.88. The average Bonchev–Trinajstić information content (AvgIpc) is 2.30. The maximum absolute atomic E-state index is 13.4. The minimum absolute atomic E-state index is 0.142. The third-order valence-electron chi connectivity index (χ3n) is 3.52. The molecule has 1 saturated heterocycles. The fraction of sp³-hybridized carbons (Fsp3) is 0.538. The molecule has 94 valence electrons. The van der Waals surface area contributed by atoms with Crippen LogP contribution in [0, 0.1) is 9.39 Å². The standard InChI is InChI=1S/C13H18FIN2/c1-9-8-10(6-7-17(9)2)16-12-5-3-4-11(14)13(12)15/h3-5,9-10,16H,6-8H2,1-2H3. The summed E-state index contributed by atoms with van der Waals surface area (Å²) in [5.41, 5.74) is 0.923. The third kappa shape index (κ3) is 3.10. The molecule has 0 amide bonds. The molecule has 1 heterocycles. The van der Waals surface area contributed by atoms with Gasteiger partial charge in [-0.15, -0.1) is 0 Å². The van der Waals surface area contributed by atoms with Gasteiger partial charge in [0.05, 0.1) is 9.26 Å². The van der Waals surface area contributed by atoms with Crippen LogP contribution < -0.4 is 5.32 Å². The minimum atomic E-state index is -0.142. The second kappa shape index (κ2) is 5.52. The number of piperidine rings is 1. The first-order chi connectivity index (χ1) is 8.08. The topological polar surface area (TPSA) is 15.3 Å². The van der Waals surface area contributed by atoms with Crippen LogP contribution in [0.1, 0.15) is 19.8 Å². The summed E-state index contributed by atoms with van der Waals surface area (Å²) in [5, 5.41) is 3.47. The van der Waals surface area contributed by atoms with Gasteiger partial charge in [0.25, 0.3) is 0 Å². The highest BCUT2D eigenvalue weighted by Crippen LogP contribution is 2.25. The molecular weight excluding hydrogens is 330 g/mol. The molecule has 1 aliphatic rings. The lowest BCUT2D eigenvalue weighted by atomic mass is 9.99. The van der Waals surface area contributed by atoms with Crippen molar-refractivity contribution in [3.8, 4) is 0 Å². The quantitative estimate of drug-likeness (QED) is 0.825. The summed E-state index contributed by atoms with van der Waals surface area (Å²) in [6.45, 7) is 3.34. The first kappa shape index (κ1) is 13.1. The number of anilines is 1. The van der Waals surface area contributed by atoms with Gasteiger partial charge in [-0.05, 0) is 61.5 Å². The van der Waals surface area contributed by atoms with Crippen LogP contribution in [-0.4, -0.2) is 30.6 Å². The molecule has 1 aromatic rings. The van der Waals surface area contributed by atoms with Crippen molar-refractivity contribution in [1.82, 2.24) is 4.90 Å². The molecule has 17 heavy (non-hydrogen) atoms. The van der Waals surface area contributed by atoms with Gasteiger partial charge in [0.15, 0.2) is 0 Å². The van der Waals surface area contributed by atoms with Gasteiger partial charge in [-0.3, -0.25) is 0 Å². The predicted octanol–water partition coefficient (Wildman–Crippen LogP) is 3.32. The van der Waals surface area contributed by atoms with Crippen molar-refractivity contribution in [3.05, 3.63) is 27.6 Å². The molecular formula is C13H18FIN2. The van der Waals surface area contributed by atoms with Gasteiger partial charge >= 0.3 is 0 Å². The Morgan fingerprint density at radius 1 is 1.47 bits per heavy atom. The first-order valence-electron chi connectivity index (χ1n) is 5.98. The van der Waals surface area contributed by atoms with Gasteiger partial charge in [0, 0.05) is 18.6 Å². The maximum Gasteiger partial charge on any atom is 0.138 e. The number of hydrogen-bond acceptors (Lipinski definition) is 2. The molecule has 1 aromatic carbocycles. The largest absolute Gasteiger partial charge is 0.381 e. The van der Waals surface area contributed by atoms with E-state index in [-0.39, 0.29) is 5.82 Å². The van der Waals surface area contributed by atoms with E-state index in [9.17, 15) is 4.39 Å². The lowest BCUT2D eigenvalue weighted by Gasteiger charge is -2.36. The maximum atomic E-state index is 13.4. The van der Waals surface area contributed by atoms with E-state index in [1.54, 1.807) is 6.07 Å². The number of nitrogens with zero attached hydrogens (tertiary/aromatic N) is 1. The Balaban J connectivity index is 2.04. The fourth-order valence-electron chi connectivity index (χ4n) is 2.26. The van der Waals surface area contributed by atoms with Crippen LogP contribution in [0.3, 0.4) is 0 Å². The summed E-state index contributed by atoms with van der Waals surface area (Å²) in [6.07, 6.45) is 2.23. The highest BCUT2D eigenvalue weighted by Gasteiger charge is 2.23. The smallest absolute Gasteiger partial charge is 0.138 e. The van der Waals surface area contributed by atoms with E-state index in [0.29, 0.717) is 15.7 Å². The number of benzene rings is 1. The molecule has 2 atom stereocenters. The molecule has 4 heteroatoms. The highest BCUT2D eigenvalue weighted by molar-refractivity contribution is 14.1. The molecule has 0 spiro atoms. The summed E-state index contributed by atoms with van der Waals surface area (Å²) >= 11 is 2.06. The van der Waals surface area contributed by atoms with E-state index in [4.69, 9.17) is 0 Å². The van der Waals surface area contributed by atoms with Gasteiger partial charge in [-0.25, -0.2) is 4.39 Å². The molecule has 2 rings (SSSR count). The zero-order valence-corrected chi connectivity index (χ0v) is 12.4. The molecule has 0 aromatic heterocycles. The predicted molar refractivity (Wildman–Crippen MR) is 77.9 cm³/mol. The SMILES string of the molecule is CC1CC(Nc2cccc(F)c2I)CCN1C. The summed E-state index contributed by atoms with van der Waals surface area (Å²) in [6, 6.07) is 6.26. The Labute approximate surface area is 116 Å². The van der Waals surface area contributed by atoms with Gasteiger partial charge in [0.2, 0.25) is 0 Å². The van der Waals surface area contributed by atoms with Crippen LogP contribution in [0.5, 0.6) is 0 Å². The Hall–Kier alpha value is -0.360. The Morgan fingerprint density at radius 2 is 2.24 bits per heavy atom. The summed E-state index contributed by atoms with van der Waals surface area (Å²) in [5.74, 6) is -0.142. The minimum Gasteiger partial charge on any atom is -0.381 e. The number of rotatable bonds is 2. The van der Waals surface area contributed by atoms with Crippen LogP contribution in [0.4, 0.5) is 10.1 Å². The van der Waals surface area contributed by atoms with E-state index in [2.05, 4.69) is 46.8 Å². The Kier molecular flexibility index (Phi) is 4.25. The Bertz CT molecular complexity index is 397. The Morgan fingerprint density at radius 3 is 2.94 bits per heavy atom. The number of halogens is 2. The second-order valence-electron chi connectivity index (χ2n) is 4.80. The zero-order valence-electron chi connectivity index (χ0n) is 10.2. The third-order valence-corrected chi connectivity index (χ3v) is 4.62. The molecule has 1 N–H and O–H groups in total. The molecule has 0 aliphatic carbocycles. The van der Waals surface area contributed by atoms with Crippen molar-refractivity contribution in [3.63, 3.8) is 0 Å². The van der Waals surface area contributed by atoms with Crippen LogP contribution in [0.25, 0.3) is 0 Å². The number of likely N-dealkylation sites (tertiary alicyclic amines) is 1. The van der Waals surface area contributed by atoms with Gasteiger partial charge < -0.3 is 10.2 Å². The summed E-state index contributed by atoms with van der Waals surface area (Å²) in [4.78, 5) is 2.37. The average molecular weight is 348 g/mol. The first-order valence-corrected chi connectivity index (χ1v) is 7.06. The zero-order chi connectivity index (χ0) is 12.4. The van der Waals surface area contributed by atoms with E-state index in [1.807, 2.05) is 6.07 Å². The van der Waals surface area contributed by atoms with Crippen molar-refractivity contribution >= 4 is 28.3 Å². The van der Waals surface area contributed by atoms with Crippen molar-refractivity contribution < 1.29 is 4.39 Å². The van der Waals surface area contributed by atoms with Crippen LogP contribution >= 0.6 is 22.6 Å². The van der Waals surface area contributed by atoms with Gasteiger partial charge in [-0.1, -0.05) is 6.07 Å². The van der Waals surface area contributed by atoms with Crippen LogP contribution in [0.2, 0.25) is 0 Å². The monoisotopic (exact) mass is 348 g/mol. The summed E-state index contributed by atoms with van der Waals surface area (Å²) in [7, 11) is 2.16. The fourth-order valence-corrected chi connectivity index (χ4v) is 2.77. The van der Waals surface area contributed by atoms with E-state index in [1.165, 1.54) is 6.07 Å². The lowest BCUT2D eigenvalue weighted by molar-refractivity contribution is 0.190. The molecule has 0 saturated carbocycles. The van der Waals surface area contributed by atoms with Crippen LogP contribution in [-0.2, 0) is 0 Å². The van der Waals surface area contributed by atoms with Crippen molar-refractivity contribution in [2.75, 3.05) is 18.9 Å². The van der Waals surface area contributed by atoms with Crippen molar-refractivity contribution in [2.24, 2.45) is 0 Å². The van der Waals surface area contributed by atoms with Crippen LogP contribution in [0.15, 0.2) is 18.2 Å². The number of nitrogens with one attached hydrogen (secondary N) is 1. The molecule has 0 bridgehead atoms. The van der Waals surface area contributed by atoms with Gasteiger partial charge in [0.1, 0.15) is 5.82 Å². The van der Waals surface area contributed by atoms with E-state index < -0.39 is 0 Å². The van der Waals surface area contributed by atoms with Crippen molar-refractivity contribution in [2.45, 2.75) is 31.8 Å². The molecule has 2 nitrogen and oxygen atoms in total. The van der Waals surface area contributed by atoms with E-state index >= 15 is 0 Å². The molecule has 1 aliphatic heterocycles.